The Kier molecular flexibility index (Phi) is 3.33. The Morgan fingerprint density at radius 3 is 2.50 bits per heavy atom. The van der Waals surface area contributed by atoms with Crippen LogP contribution in [0.15, 0.2) is 30.6 Å². The van der Waals surface area contributed by atoms with E-state index in [9.17, 15) is 0 Å². The average molecular weight is 241 g/mol. The van der Waals surface area contributed by atoms with Crippen LogP contribution in [0.5, 0.6) is 5.75 Å². The molecule has 1 heterocycles. The molecule has 18 heavy (non-hydrogen) atoms. The maximum absolute atomic E-state index is 9.02. The van der Waals surface area contributed by atoms with Crippen LogP contribution in [0.25, 0.3) is 11.3 Å². The second-order valence-electron chi connectivity index (χ2n) is 4.36. The van der Waals surface area contributed by atoms with Crippen molar-refractivity contribution in [2.45, 2.75) is 20.0 Å². The molecule has 92 valence electrons. The van der Waals surface area contributed by atoms with Crippen LogP contribution in [-0.4, -0.2) is 15.7 Å². The number of nitrogens with zero attached hydrogens (tertiary/aromatic N) is 3. The van der Waals surface area contributed by atoms with Crippen LogP contribution >= 0.6 is 0 Å². The molecule has 2 rings (SSSR count). The minimum Gasteiger partial charge on any atom is -0.491 e. The standard InChI is InChI=1S/C14H15N3O/c1-10(2)18-12-6-4-11(5-7-12)14-13(8-15)16-9-17(14)3/h4-7,9-10H,1-3H3. The number of aryl methyl sites for hydroxylation is 1. The molecule has 0 N–H and O–H groups in total. The number of rotatable bonds is 3. The van der Waals surface area contributed by atoms with Crippen molar-refractivity contribution in [1.82, 2.24) is 9.55 Å². The number of imidazole rings is 1. The highest BCUT2D eigenvalue weighted by Crippen LogP contribution is 2.24. The number of benzene rings is 1. The Morgan fingerprint density at radius 1 is 1.28 bits per heavy atom. The van der Waals surface area contributed by atoms with E-state index in [1.165, 1.54) is 0 Å². The molecule has 0 amide bonds. The molecular weight excluding hydrogens is 226 g/mol. The van der Waals surface area contributed by atoms with Crippen molar-refractivity contribution in [3.63, 3.8) is 0 Å². The number of aromatic nitrogens is 2. The number of ether oxygens (including phenoxy) is 1. The van der Waals surface area contributed by atoms with Gasteiger partial charge in [0, 0.05) is 12.6 Å². The van der Waals surface area contributed by atoms with Crippen molar-refractivity contribution in [1.29, 1.82) is 5.26 Å². The van der Waals surface area contributed by atoms with Crippen molar-refractivity contribution in [3.8, 4) is 23.1 Å². The van der Waals surface area contributed by atoms with Crippen LogP contribution in [0.3, 0.4) is 0 Å². The molecule has 0 fully saturated rings. The van der Waals surface area contributed by atoms with Crippen LogP contribution in [0.4, 0.5) is 0 Å². The quantitative estimate of drug-likeness (QED) is 0.830. The first-order valence-corrected chi connectivity index (χ1v) is 5.80. The topological polar surface area (TPSA) is 50.8 Å². The normalized spacial score (nSPS) is 10.4. The fourth-order valence-corrected chi connectivity index (χ4v) is 1.82. The summed E-state index contributed by atoms with van der Waals surface area (Å²) in [7, 11) is 1.88. The average Bonchev–Trinajstić information content (AvgIpc) is 2.71. The van der Waals surface area contributed by atoms with Gasteiger partial charge in [0.25, 0.3) is 0 Å². The summed E-state index contributed by atoms with van der Waals surface area (Å²) in [5, 5.41) is 9.02. The minimum atomic E-state index is 0.155. The molecule has 1 aromatic heterocycles. The summed E-state index contributed by atoms with van der Waals surface area (Å²) in [5.41, 5.74) is 2.23. The van der Waals surface area contributed by atoms with Crippen molar-refractivity contribution in [2.24, 2.45) is 7.05 Å². The second-order valence-corrected chi connectivity index (χ2v) is 4.36. The van der Waals surface area contributed by atoms with Crippen LogP contribution in [-0.2, 0) is 7.05 Å². The first-order chi connectivity index (χ1) is 8.61. The third-order valence-electron chi connectivity index (χ3n) is 2.54. The first-order valence-electron chi connectivity index (χ1n) is 5.80. The molecule has 0 aliphatic carbocycles. The molecule has 0 saturated heterocycles. The van der Waals surface area contributed by atoms with Gasteiger partial charge in [-0.05, 0) is 38.1 Å². The van der Waals surface area contributed by atoms with Crippen LogP contribution in [0, 0.1) is 11.3 Å². The molecule has 0 atom stereocenters. The van der Waals surface area contributed by atoms with Crippen molar-refractivity contribution in [2.75, 3.05) is 0 Å². The van der Waals surface area contributed by atoms with Gasteiger partial charge in [-0.3, -0.25) is 0 Å². The zero-order chi connectivity index (χ0) is 13.1. The van der Waals surface area contributed by atoms with E-state index >= 15 is 0 Å². The molecule has 0 spiro atoms. The third kappa shape index (κ3) is 2.35. The zero-order valence-corrected chi connectivity index (χ0v) is 10.7. The lowest BCUT2D eigenvalue weighted by atomic mass is 10.1. The summed E-state index contributed by atoms with van der Waals surface area (Å²) in [5.74, 6) is 0.828. The Hall–Kier alpha value is -2.28. The second kappa shape index (κ2) is 4.92. The Balaban J connectivity index is 2.35. The van der Waals surface area contributed by atoms with Crippen LogP contribution in [0.1, 0.15) is 19.5 Å². The maximum Gasteiger partial charge on any atom is 0.166 e. The smallest absolute Gasteiger partial charge is 0.166 e. The van der Waals surface area contributed by atoms with Gasteiger partial charge in [0.2, 0.25) is 0 Å². The molecule has 0 saturated carbocycles. The van der Waals surface area contributed by atoms with E-state index in [4.69, 9.17) is 10.00 Å². The number of hydrogen-bond donors (Lipinski definition) is 0. The van der Waals surface area contributed by atoms with Gasteiger partial charge in [-0.25, -0.2) is 4.98 Å². The molecule has 0 unspecified atom stereocenters. The van der Waals surface area contributed by atoms with E-state index in [0.29, 0.717) is 5.69 Å². The predicted molar refractivity (Wildman–Crippen MR) is 69.1 cm³/mol. The molecular formula is C14H15N3O. The Bertz CT molecular complexity index is 576. The lowest BCUT2D eigenvalue weighted by Gasteiger charge is -2.10. The van der Waals surface area contributed by atoms with E-state index in [2.05, 4.69) is 11.1 Å². The van der Waals surface area contributed by atoms with E-state index in [1.807, 2.05) is 49.7 Å². The zero-order valence-electron chi connectivity index (χ0n) is 10.7. The summed E-state index contributed by atoms with van der Waals surface area (Å²) in [6.45, 7) is 3.98. The fourth-order valence-electron chi connectivity index (χ4n) is 1.82. The lowest BCUT2D eigenvalue weighted by Crippen LogP contribution is -2.05. The SMILES string of the molecule is CC(C)Oc1ccc(-c2c(C#N)ncn2C)cc1. The Morgan fingerprint density at radius 2 is 1.94 bits per heavy atom. The molecule has 0 aliphatic rings. The van der Waals surface area contributed by atoms with Gasteiger partial charge >= 0.3 is 0 Å². The molecule has 0 radical (unpaired) electrons. The lowest BCUT2D eigenvalue weighted by molar-refractivity contribution is 0.242. The minimum absolute atomic E-state index is 0.155. The van der Waals surface area contributed by atoms with E-state index in [1.54, 1.807) is 6.33 Å². The van der Waals surface area contributed by atoms with Gasteiger partial charge in [-0.1, -0.05) is 0 Å². The van der Waals surface area contributed by atoms with E-state index in [-0.39, 0.29) is 6.10 Å². The molecule has 2 aromatic rings. The third-order valence-corrected chi connectivity index (χ3v) is 2.54. The van der Waals surface area contributed by atoms with Gasteiger partial charge in [0.15, 0.2) is 5.69 Å². The van der Waals surface area contributed by atoms with Gasteiger partial charge in [0.05, 0.1) is 18.1 Å². The highest BCUT2D eigenvalue weighted by Gasteiger charge is 2.10. The fraction of sp³-hybridized carbons (Fsp3) is 0.286. The first kappa shape index (κ1) is 12.2. The van der Waals surface area contributed by atoms with Crippen molar-refractivity contribution < 1.29 is 4.74 Å². The van der Waals surface area contributed by atoms with E-state index < -0.39 is 0 Å². The predicted octanol–water partition coefficient (Wildman–Crippen LogP) is 2.75. The van der Waals surface area contributed by atoms with Gasteiger partial charge < -0.3 is 9.30 Å². The molecule has 0 aliphatic heterocycles. The highest BCUT2D eigenvalue weighted by atomic mass is 16.5. The molecule has 0 bridgehead atoms. The van der Waals surface area contributed by atoms with Crippen molar-refractivity contribution in [3.05, 3.63) is 36.3 Å². The molecule has 4 nitrogen and oxygen atoms in total. The monoisotopic (exact) mass is 241 g/mol. The number of nitriles is 1. The van der Waals surface area contributed by atoms with Crippen LogP contribution < -0.4 is 4.74 Å². The van der Waals surface area contributed by atoms with Crippen molar-refractivity contribution >= 4 is 0 Å². The number of hydrogen-bond acceptors (Lipinski definition) is 3. The van der Waals surface area contributed by atoms with Crippen LogP contribution in [0.2, 0.25) is 0 Å². The highest BCUT2D eigenvalue weighted by molar-refractivity contribution is 5.66. The van der Waals surface area contributed by atoms with Gasteiger partial charge in [-0.15, -0.1) is 0 Å². The summed E-state index contributed by atoms with van der Waals surface area (Å²) in [4.78, 5) is 4.05. The maximum atomic E-state index is 9.02. The van der Waals surface area contributed by atoms with Gasteiger partial charge in [0.1, 0.15) is 11.8 Å². The molecule has 1 aromatic carbocycles. The summed E-state index contributed by atoms with van der Waals surface area (Å²) in [6, 6.07) is 9.79. The summed E-state index contributed by atoms with van der Waals surface area (Å²) in [6.07, 6.45) is 1.80. The van der Waals surface area contributed by atoms with Gasteiger partial charge in [-0.2, -0.15) is 5.26 Å². The largest absolute Gasteiger partial charge is 0.491 e. The summed E-state index contributed by atoms with van der Waals surface area (Å²) >= 11 is 0. The Labute approximate surface area is 106 Å². The van der Waals surface area contributed by atoms with E-state index in [0.717, 1.165) is 17.0 Å². The molecule has 4 heteroatoms. The summed E-state index contributed by atoms with van der Waals surface area (Å²) < 4.78 is 7.43.